The van der Waals surface area contributed by atoms with Crippen molar-refractivity contribution < 1.29 is 19.1 Å². The fraction of sp³-hybridized carbons (Fsp3) is 0.636. The molecular weight excluding hydrogens is 246 g/mol. The highest BCUT2D eigenvalue weighted by molar-refractivity contribution is 5.85. The average molecular weight is 266 g/mol. The molecule has 100 valence electrons. The maximum atomic E-state index is 11.3. The lowest BCUT2D eigenvalue weighted by Crippen LogP contribution is -2.36. The Morgan fingerprint density at radius 3 is 2.35 bits per heavy atom. The Bertz CT molecular complexity index is 273. The number of carbonyl (C=O) groups excluding carboxylic acids is 2. The molecule has 0 fully saturated rings. The van der Waals surface area contributed by atoms with E-state index in [2.05, 4.69) is 6.58 Å². The van der Waals surface area contributed by atoms with Gasteiger partial charge in [0.1, 0.15) is 18.2 Å². The Morgan fingerprint density at radius 1 is 1.41 bits per heavy atom. The van der Waals surface area contributed by atoms with E-state index in [1.165, 1.54) is 6.08 Å². The molecule has 0 aliphatic heterocycles. The standard InChI is InChI=1S/C11H19NO4.ClH/c1-5-6-15-10(14)8(12)7-9(13)16-11(2,3)4;/h5,8H,1,6-7,12H2,2-4H3;1H. The molecule has 0 aliphatic carbocycles. The minimum absolute atomic E-state index is 0. The number of rotatable bonds is 5. The summed E-state index contributed by atoms with van der Waals surface area (Å²) in [5.74, 6) is -1.15. The zero-order chi connectivity index (χ0) is 12.8. The Kier molecular flexibility index (Phi) is 8.70. The number of nitrogens with two attached hydrogens (primary N) is 1. The molecular formula is C11H20ClNO4. The van der Waals surface area contributed by atoms with Gasteiger partial charge in [0.15, 0.2) is 0 Å². The average Bonchev–Trinajstić information content (AvgIpc) is 2.10. The highest BCUT2D eigenvalue weighted by Crippen LogP contribution is 2.09. The van der Waals surface area contributed by atoms with E-state index >= 15 is 0 Å². The maximum absolute atomic E-state index is 11.3. The van der Waals surface area contributed by atoms with Gasteiger partial charge in [0, 0.05) is 0 Å². The Balaban J connectivity index is 0. The molecule has 0 saturated carbocycles. The molecule has 0 amide bonds. The second kappa shape index (κ2) is 8.08. The second-order valence-electron chi connectivity index (χ2n) is 4.32. The molecule has 1 unspecified atom stereocenters. The monoisotopic (exact) mass is 265 g/mol. The topological polar surface area (TPSA) is 78.6 Å². The largest absolute Gasteiger partial charge is 0.460 e. The summed E-state index contributed by atoms with van der Waals surface area (Å²) in [6.45, 7) is 8.70. The van der Waals surface area contributed by atoms with Crippen LogP contribution in [0.1, 0.15) is 27.2 Å². The van der Waals surface area contributed by atoms with Crippen LogP contribution in [0.25, 0.3) is 0 Å². The molecule has 0 radical (unpaired) electrons. The molecule has 2 N–H and O–H groups in total. The normalized spacial score (nSPS) is 12.0. The first-order valence-corrected chi connectivity index (χ1v) is 5.01. The van der Waals surface area contributed by atoms with Crippen LogP contribution < -0.4 is 5.73 Å². The smallest absolute Gasteiger partial charge is 0.323 e. The highest BCUT2D eigenvalue weighted by atomic mass is 35.5. The van der Waals surface area contributed by atoms with Crippen LogP contribution >= 0.6 is 12.4 Å². The molecule has 0 aromatic heterocycles. The minimum atomic E-state index is -0.991. The zero-order valence-corrected chi connectivity index (χ0v) is 11.2. The van der Waals surface area contributed by atoms with Gasteiger partial charge in [-0.3, -0.25) is 9.59 Å². The van der Waals surface area contributed by atoms with Gasteiger partial charge < -0.3 is 15.2 Å². The number of hydrogen-bond acceptors (Lipinski definition) is 5. The summed E-state index contributed by atoms with van der Waals surface area (Å²) in [6.07, 6.45) is 1.24. The van der Waals surface area contributed by atoms with Crippen molar-refractivity contribution in [2.45, 2.75) is 38.8 Å². The van der Waals surface area contributed by atoms with E-state index in [0.717, 1.165) is 0 Å². The van der Waals surface area contributed by atoms with E-state index in [9.17, 15) is 9.59 Å². The van der Waals surface area contributed by atoms with Crippen molar-refractivity contribution in [2.75, 3.05) is 6.61 Å². The van der Waals surface area contributed by atoms with E-state index in [4.69, 9.17) is 15.2 Å². The van der Waals surface area contributed by atoms with Crippen molar-refractivity contribution in [3.05, 3.63) is 12.7 Å². The van der Waals surface area contributed by atoms with Crippen molar-refractivity contribution in [1.29, 1.82) is 0 Å². The van der Waals surface area contributed by atoms with E-state index in [0.29, 0.717) is 0 Å². The van der Waals surface area contributed by atoms with Gasteiger partial charge in [-0.1, -0.05) is 12.7 Å². The van der Waals surface area contributed by atoms with Crippen molar-refractivity contribution in [2.24, 2.45) is 5.73 Å². The highest BCUT2D eigenvalue weighted by Gasteiger charge is 2.23. The van der Waals surface area contributed by atoms with Gasteiger partial charge in [-0.05, 0) is 20.8 Å². The first-order chi connectivity index (χ1) is 7.26. The van der Waals surface area contributed by atoms with E-state index in [-0.39, 0.29) is 25.4 Å². The Labute approximate surface area is 108 Å². The van der Waals surface area contributed by atoms with Crippen molar-refractivity contribution >= 4 is 24.3 Å². The van der Waals surface area contributed by atoms with Crippen LogP contribution in [0.15, 0.2) is 12.7 Å². The van der Waals surface area contributed by atoms with E-state index in [1.807, 2.05) is 0 Å². The van der Waals surface area contributed by atoms with Gasteiger partial charge in [0.25, 0.3) is 0 Å². The van der Waals surface area contributed by atoms with Gasteiger partial charge in [0.2, 0.25) is 0 Å². The molecule has 1 atom stereocenters. The van der Waals surface area contributed by atoms with Crippen LogP contribution in [0, 0.1) is 0 Å². The fourth-order valence-corrected chi connectivity index (χ4v) is 0.894. The third-order valence-corrected chi connectivity index (χ3v) is 1.45. The number of esters is 2. The quantitative estimate of drug-likeness (QED) is 0.597. The van der Waals surface area contributed by atoms with Crippen molar-refractivity contribution in [3.8, 4) is 0 Å². The Hall–Kier alpha value is -1.07. The lowest BCUT2D eigenvalue weighted by Gasteiger charge is -2.20. The molecule has 0 aliphatic rings. The van der Waals surface area contributed by atoms with Crippen LogP contribution in [0.5, 0.6) is 0 Å². The summed E-state index contributed by atoms with van der Waals surface area (Å²) >= 11 is 0. The predicted molar refractivity (Wildman–Crippen MR) is 66.8 cm³/mol. The van der Waals surface area contributed by atoms with Crippen LogP contribution in [0.3, 0.4) is 0 Å². The van der Waals surface area contributed by atoms with Gasteiger partial charge in [-0.2, -0.15) is 0 Å². The molecule has 0 spiro atoms. The SMILES string of the molecule is C=CCOC(=O)C(N)CC(=O)OC(C)(C)C.Cl. The van der Waals surface area contributed by atoms with Crippen LogP contribution in [-0.4, -0.2) is 30.2 Å². The summed E-state index contributed by atoms with van der Waals surface area (Å²) in [6, 6.07) is -0.991. The number of ether oxygens (including phenoxy) is 2. The second-order valence-corrected chi connectivity index (χ2v) is 4.32. The molecule has 6 heteroatoms. The van der Waals surface area contributed by atoms with Gasteiger partial charge in [0.05, 0.1) is 6.42 Å². The van der Waals surface area contributed by atoms with E-state index < -0.39 is 23.6 Å². The van der Waals surface area contributed by atoms with Gasteiger partial charge in [-0.15, -0.1) is 12.4 Å². The van der Waals surface area contributed by atoms with Crippen LogP contribution in [0.2, 0.25) is 0 Å². The van der Waals surface area contributed by atoms with Crippen LogP contribution in [0.4, 0.5) is 0 Å². The lowest BCUT2D eigenvalue weighted by molar-refractivity contribution is -0.158. The number of hydrogen-bond donors (Lipinski definition) is 1. The molecule has 0 saturated heterocycles. The molecule has 5 nitrogen and oxygen atoms in total. The molecule has 0 rings (SSSR count). The number of halogens is 1. The third-order valence-electron chi connectivity index (χ3n) is 1.45. The molecule has 0 heterocycles. The molecule has 0 bridgehead atoms. The maximum Gasteiger partial charge on any atom is 0.323 e. The summed E-state index contributed by atoms with van der Waals surface area (Å²) < 4.78 is 9.71. The third kappa shape index (κ3) is 9.84. The number of carbonyl (C=O) groups is 2. The minimum Gasteiger partial charge on any atom is -0.460 e. The van der Waals surface area contributed by atoms with Gasteiger partial charge in [-0.25, -0.2) is 0 Å². The Morgan fingerprint density at radius 2 is 1.94 bits per heavy atom. The van der Waals surface area contributed by atoms with Crippen molar-refractivity contribution in [1.82, 2.24) is 0 Å². The molecule has 17 heavy (non-hydrogen) atoms. The van der Waals surface area contributed by atoms with Crippen molar-refractivity contribution in [3.63, 3.8) is 0 Å². The lowest BCUT2D eigenvalue weighted by atomic mass is 10.2. The first kappa shape index (κ1) is 18.3. The molecule has 0 aromatic rings. The summed E-state index contributed by atoms with van der Waals surface area (Å²) in [7, 11) is 0. The summed E-state index contributed by atoms with van der Waals surface area (Å²) in [5, 5.41) is 0. The molecule has 0 aromatic carbocycles. The zero-order valence-electron chi connectivity index (χ0n) is 10.4. The predicted octanol–water partition coefficient (Wildman–Crippen LogP) is 1.20. The van der Waals surface area contributed by atoms with E-state index in [1.54, 1.807) is 20.8 Å². The summed E-state index contributed by atoms with van der Waals surface area (Å²) in [4.78, 5) is 22.5. The first-order valence-electron chi connectivity index (χ1n) is 5.01. The summed E-state index contributed by atoms with van der Waals surface area (Å²) in [5.41, 5.74) is 4.89. The van der Waals surface area contributed by atoms with Gasteiger partial charge >= 0.3 is 11.9 Å². The fourth-order valence-electron chi connectivity index (χ4n) is 0.894. The van der Waals surface area contributed by atoms with Crippen LogP contribution in [-0.2, 0) is 19.1 Å².